The van der Waals surface area contributed by atoms with Crippen molar-refractivity contribution in [3.05, 3.63) is 53.1 Å². The zero-order valence-electron chi connectivity index (χ0n) is 14.1. The number of hydrogen-bond donors (Lipinski definition) is 1. The van der Waals surface area contributed by atoms with Crippen LogP contribution in [-0.2, 0) is 29.3 Å². The summed E-state index contributed by atoms with van der Waals surface area (Å²) < 4.78 is 33.6. The Hall–Kier alpha value is -2.52. The van der Waals surface area contributed by atoms with Crippen molar-refractivity contribution in [3.63, 3.8) is 0 Å². The molecule has 0 atom stereocenters. The van der Waals surface area contributed by atoms with Gasteiger partial charge >= 0.3 is 0 Å². The van der Waals surface area contributed by atoms with Crippen LogP contribution in [0.4, 0.5) is 5.69 Å². The summed E-state index contributed by atoms with van der Waals surface area (Å²) in [6.07, 6.45) is 4.35. The minimum atomic E-state index is -3.75. The van der Waals surface area contributed by atoms with Gasteiger partial charge in [-0.2, -0.15) is 5.26 Å². The summed E-state index contributed by atoms with van der Waals surface area (Å²) in [6.45, 7) is 0. The smallest absolute Gasteiger partial charge is 0.265 e. The van der Waals surface area contributed by atoms with Crippen LogP contribution < -0.4 is 9.46 Å². The van der Waals surface area contributed by atoms with Gasteiger partial charge in [-0.3, -0.25) is 4.72 Å². The Balaban J connectivity index is 1.92. The minimum Gasteiger partial charge on any atom is -0.495 e. The topological polar surface area (TPSA) is 79.2 Å². The van der Waals surface area contributed by atoms with Gasteiger partial charge in [-0.1, -0.05) is 12.1 Å². The van der Waals surface area contributed by atoms with Crippen LogP contribution in [0.25, 0.3) is 0 Å². The third kappa shape index (κ3) is 3.77. The highest BCUT2D eigenvalue weighted by molar-refractivity contribution is 7.92. The summed E-state index contributed by atoms with van der Waals surface area (Å²) in [4.78, 5) is 0.164. The Morgan fingerprint density at radius 2 is 1.76 bits per heavy atom. The van der Waals surface area contributed by atoms with Crippen molar-refractivity contribution in [2.24, 2.45) is 0 Å². The molecule has 0 aliphatic heterocycles. The van der Waals surface area contributed by atoms with Gasteiger partial charge in [0.15, 0.2) is 0 Å². The molecular weight excluding hydrogens is 336 g/mol. The molecule has 0 unspecified atom stereocenters. The standard InChI is InChI=1S/C19H20N2O3S/c1-24-18-12-15-4-2-3-5-16(15)13-19(18)25(22,23)21-17-8-6-14(7-9-17)10-11-20/h6-9,12-13,21H,2-5,10H2,1H3. The average Bonchev–Trinajstić information content (AvgIpc) is 2.62. The highest BCUT2D eigenvalue weighted by Crippen LogP contribution is 2.32. The summed E-state index contributed by atoms with van der Waals surface area (Å²) in [5, 5.41) is 8.70. The molecule has 2 aromatic carbocycles. The molecule has 0 bridgehead atoms. The number of hydrogen-bond acceptors (Lipinski definition) is 4. The highest BCUT2D eigenvalue weighted by atomic mass is 32.2. The molecule has 130 valence electrons. The number of rotatable bonds is 5. The van der Waals surface area contributed by atoms with E-state index in [0.717, 1.165) is 36.8 Å². The third-order valence-electron chi connectivity index (χ3n) is 4.41. The van der Waals surface area contributed by atoms with Gasteiger partial charge in [0.05, 0.1) is 19.6 Å². The number of methoxy groups -OCH3 is 1. The maximum Gasteiger partial charge on any atom is 0.265 e. The molecule has 2 aromatic rings. The van der Waals surface area contributed by atoms with Crippen LogP contribution in [0.1, 0.15) is 29.5 Å². The van der Waals surface area contributed by atoms with Crippen LogP contribution in [0, 0.1) is 11.3 Å². The molecule has 3 rings (SSSR count). The summed E-state index contributed by atoms with van der Waals surface area (Å²) in [6, 6.07) is 12.5. The second-order valence-electron chi connectivity index (χ2n) is 6.12. The van der Waals surface area contributed by atoms with E-state index in [1.54, 1.807) is 30.3 Å². The summed E-state index contributed by atoms with van der Waals surface area (Å²) in [7, 11) is -2.27. The number of ether oxygens (including phenoxy) is 1. The molecular formula is C19H20N2O3S. The van der Waals surface area contributed by atoms with Gasteiger partial charge in [0.2, 0.25) is 0 Å². The van der Waals surface area contributed by atoms with Crippen LogP contribution in [0.15, 0.2) is 41.3 Å². The highest BCUT2D eigenvalue weighted by Gasteiger charge is 2.23. The van der Waals surface area contributed by atoms with E-state index in [2.05, 4.69) is 10.8 Å². The van der Waals surface area contributed by atoms with E-state index < -0.39 is 10.0 Å². The summed E-state index contributed by atoms with van der Waals surface area (Å²) in [5.74, 6) is 0.370. The predicted octanol–water partition coefficient (Wildman–Crippen LogP) is 3.44. The SMILES string of the molecule is COc1cc2c(cc1S(=O)(=O)Nc1ccc(CC#N)cc1)CCCC2. The van der Waals surface area contributed by atoms with E-state index in [1.165, 1.54) is 12.7 Å². The van der Waals surface area contributed by atoms with Crippen molar-refractivity contribution in [2.75, 3.05) is 11.8 Å². The molecule has 1 aliphatic rings. The molecule has 1 N–H and O–H groups in total. The molecule has 0 heterocycles. The average molecular weight is 356 g/mol. The Kier molecular flexibility index (Phi) is 4.95. The number of anilines is 1. The second kappa shape index (κ2) is 7.16. The Morgan fingerprint density at radius 1 is 1.12 bits per heavy atom. The molecule has 0 saturated heterocycles. The first-order chi connectivity index (χ1) is 12.0. The number of nitrogens with one attached hydrogen (secondary N) is 1. The molecule has 0 radical (unpaired) electrons. The van der Waals surface area contributed by atoms with Gasteiger partial charge in [0.25, 0.3) is 10.0 Å². The molecule has 0 saturated carbocycles. The van der Waals surface area contributed by atoms with E-state index in [1.807, 2.05) is 6.07 Å². The number of fused-ring (bicyclic) bond motifs is 1. The lowest BCUT2D eigenvalue weighted by molar-refractivity contribution is 0.401. The Labute approximate surface area is 148 Å². The van der Waals surface area contributed by atoms with E-state index >= 15 is 0 Å². The molecule has 0 amide bonds. The van der Waals surface area contributed by atoms with Gasteiger partial charge in [-0.05, 0) is 66.6 Å². The first-order valence-electron chi connectivity index (χ1n) is 8.22. The number of nitrogens with zero attached hydrogens (tertiary/aromatic N) is 1. The van der Waals surface area contributed by atoms with Crippen LogP contribution in [-0.4, -0.2) is 15.5 Å². The van der Waals surface area contributed by atoms with E-state index in [-0.39, 0.29) is 4.90 Å². The maximum absolute atomic E-state index is 12.8. The first kappa shape index (κ1) is 17.3. The minimum absolute atomic E-state index is 0.164. The molecule has 0 fully saturated rings. The molecule has 6 heteroatoms. The number of benzene rings is 2. The predicted molar refractivity (Wildman–Crippen MR) is 96.2 cm³/mol. The number of nitriles is 1. The molecule has 0 aromatic heterocycles. The van der Waals surface area contributed by atoms with Crippen molar-refractivity contribution in [2.45, 2.75) is 37.0 Å². The zero-order valence-corrected chi connectivity index (χ0v) is 14.9. The summed E-state index contributed by atoms with van der Waals surface area (Å²) >= 11 is 0. The Bertz CT molecular complexity index is 913. The fourth-order valence-corrected chi connectivity index (χ4v) is 4.36. The zero-order chi connectivity index (χ0) is 17.9. The van der Waals surface area contributed by atoms with Crippen molar-refractivity contribution in [3.8, 4) is 11.8 Å². The van der Waals surface area contributed by atoms with Crippen molar-refractivity contribution < 1.29 is 13.2 Å². The lowest BCUT2D eigenvalue weighted by Gasteiger charge is -2.19. The number of aryl methyl sites for hydroxylation is 2. The second-order valence-corrected chi connectivity index (χ2v) is 7.77. The van der Waals surface area contributed by atoms with Crippen molar-refractivity contribution in [1.29, 1.82) is 5.26 Å². The van der Waals surface area contributed by atoms with Gasteiger partial charge in [0.1, 0.15) is 10.6 Å². The van der Waals surface area contributed by atoms with Gasteiger partial charge in [-0.25, -0.2) is 8.42 Å². The molecule has 5 nitrogen and oxygen atoms in total. The van der Waals surface area contributed by atoms with Crippen molar-refractivity contribution >= 4 is 15.7 Å². The lowest BCUT2D eigenvalue weighted by Crippen LogP contribution is -2.16. The third-order valence-corrected chi connectivity index (χ3v) is 5.81. The van der Waals surface area contributed by atoms with Crippen LogP contribution in [0.2, 0.25) is 0 Å². The monoisotopic (exact) mass is 356 g/mol. The number of sulfonamides is 1. The summed E-state index contributed by atoms with van der Waals surface area (Å²) in [5.41, 5.74) is 3.55. The quantitative estimate of drug-likeness (QED) is 0.890. The van der Waals surface area contributed by atoms with Crippen LogP contribution in [0.5, 0.6) is 5.75 Å². The fourth-order valence-electron chi connectivity index (χ4n) is 3.10. The molecule has 0 spiro atoms. The van der Waals surface area contributed by atoms with E-state index in [0.29, 0.717) is 17.9 Å². The Morgan fingerprint density at radius 3 is 2.36 bits per heavy atom. The fraction of sp³-hybridized carbons (Fsp3) is 0.316. The normalized spacial score (nSPS) is 13.6. The maximum atomic E-state index is 12.8. The van der Waals surface area contributed by atoms with Gasteiger partial charge < -0.3 is 4.74 Å². The van der Waals surface area contributed by atoms with E-state index in [9.17, 15) is 8.42 Å². The van der Waals surface area contributed by atoms with E-state index in [4.69, 9.17) is 10.00 Å². The van der Waals surface area contributed by atoms with Crippen molar-refractivity contribution in [1.82, 2.24) is 0 Å². The van der Waals surface area contributed by atoms with Crippen LogP contribution >= 0.6 is 0 Å². The molecule has 1 aliphatic carbocycles. The van der Waals surface area contributed by atoms with Gasteiger partial charge in [0, 0.05) is 5.69 Å². The molecule has 25 heavy (non-hydrogen) atoms. The van der Waals surface area contributed by atoms with Crippen LogP contribution in [0.3, 0.4) is 0 Å². The first-order valence-corrected chi connectivity index (χ1v) is 9.70. The lowest BCUT2D eigenvalue weighted by atomic mass is 9.92. The largest absolute Gasteiger partial charge is 0.495 e. The van der Waals surface area contributed by atoms with Gasteiger partial charge in [-0.15, -0.1) is 0 Å².